The van der Waals surface area contributed by atoms with Crippen molar-refractivity contribution in [2.24, 2.45) is 0 Å². The molecule has 1 N–H and O–H groups in total. The van der Waals surface area contributed by atoms with E-state index in [0.29, 0.717) is 0 Å². The van der Waals surface area contributed by atoms with E-state index in [1.807, 2.05) is 31.4 Å². The topological polar surface area (TPSA) is 42.2 Å². The van der Waals surface area contributed by atoms with Gasteiger partial charge in [0, 0.05) is 36.9 Å². The van der Waals surface area contributed by atoms with Crippen molar-refractivity contribution in [2.45, 2.75) is 0 Å². The molecule has 0 amide bonds. The van der Waals surface area contributed by atoms with Crippen molar-refractivity contribution in [1.29, 1.82) is 0 Å². The molecule has 0 spiro atoms. The summed E-state index contributed by atoms with van der Waals surface area (Å²) >= 11 is 3.50. The van der Waals surface area contributed by atoms with Gasteiger partial charge in [-0.2, -0.15) is 0 Å². The van der Waals surface area contributed by atoms with Crippen LogP contribution in [0.1, 0.15) is 0 Å². The van der Waals surface area contributed by atoms with Gasteiger partial charge in [0.2, 0.25) is 0 Å². The van der Waals surface area contributed by atoms with E-state index in [4.69, 9.17) is 0 Å². The molecule has 0 aliphatic heterocycles. The van der Waals surface area contributed by atoms with Crippen LogP contribution >= 0.6 is 15.9 Å². The summed E-state index contributed by atoms with van der Waals surface area (Å²) in [7, 11) is 1.90. The number of rotatable bonds is 2. The zero-order valence-corrected chi connectivity index (χ0v) is 11.3. The summed E-state index contributed by atoms with van der Waals surface area (Å²) in [5.74, 6) is 0.905. The first-order chi connectivity index (χ1) is 8.79. The van der Waals surface area contributed by atoms with Gasteiger partial charge in [0.25, 0.3) is 0 Å². The van der Waals surface area contributed by atoms with E-state index < -0.39 is 0 Å². The van der Waals surface area contributed by atoms with Crippen molar-refractivity contribution in [2.75, 3.05) is 12.4 Å². The lowest BCUT2D eigenvalue weighted by molar-refractivity contribution is 1.15. The highest BCUT2D eigenvalue weighted by atomic mass is 79.9. The largest absolute Gasteiger partial charge is 0.388 e. The molecule has 0 aliphatic carbocycles. The Balaban J connectivity index is 2.26. The number of hydrogen-bond donors (Lipinski definition) is 1. The molecule has 90 valence electrons. The monoisotopic (exact) mass is 302 g/mol. The lowest BCUT2D eigenvalue weighted by atomic mass is 10.2. The standard InChI is InChI=1S/C13H11BrN4/c1-15-10-4-7-18-11(8-10)12(14)17-13(18)9-2-5-16-6-3-9/h2-8,15H,1H3. The molecular formula is C13H11BrN4. The van der Waals surface area contributed by atoms with Crippen LogP contribution in [0.2, 0.25) is 0 Å². The van der Waals surface area contributed by atoms with Crippen LogP contribution in [-0.2, 0) is 0 Å². The Hall–Kier alpha value is -1.88. The lowest BCUT2D eigenvalue weighted by Gasteiger charge is -2.03. The minimum absolute atomic E-state index is 0.839. The van der Waals surface area contributed by atoms with Crippen molar-refractivity contribution in [3.63, 3.8) is 0 Å². The van der Waals surface area contributed by atoms with Crippen LogP contribution < -0.4 is 5.32 Å². The van der Waals surface area contributed by atoms with Gasteiger partial charge in [-0.25, -0.2) is 4.98 Å². The summed E-state index contributed by atoms with van der Waals surface area (Å²) < 4.78 is 2.90. The molecule has 4 nitrogen and oxygen atoms in total. The second-order valence-corrected chi connectivity index (χ2v) is 4.63. The van der Waals surface area contributed by atoms with Gasteiger partial charge in [-0.3, -0.25) is 9.38 Å². The highest BCUT2D eigenvalue weighted by Gasteiger charge is 2.10. The van der Waals surface area contributed by atoms with Crippen molar-refractivity contribution in [3.05, 3.63) is 47.5 Å². The number of imidazole rings is 1. The molecule has 0 radical (unpaired) electrons. The van der Waals surface area contributed by atoms with E-state index in [1.54, 1.807) is 12.4 Å². The Labute approximate surface area is 113 Å². The molecule has 0 aromatic carbocycles. The van der Waals surface area contributed by atoms with E-state index in [0.717, 1.165) is 27.2 Å². The number of nitrogens with one attached hydrogen (secondary N) is 1. The zero-order valence-electron chi connectivity index (χ0n) is 9.76. The Morgan fingerprint density at radius 3 is 2.72 bits per heavy atom. The SMILES string of the molecule is CNc1ccn2c(-c3ccncc3)nc(Br)c2c1. The Kier molecular flexibility index (Phi) is 2.76. The highest BCUT2D eigenvalue weighted by Crippen LogP contribution is 2.27. The van der Waals surface area contributed by atoms with Crippen LogP contribution in [0.4, 0.5) is 5.69 Å². The van der Waals surface area contributed by atoms with Gasteiger partial charge in [0.15, 0.2) is 0 Å². The Morgan fingerprint density at radius 1 is 1.22 bits per heavy atom. The molecule has 0 saturated carbocycles. The maximum atomic E-state index is 4.56. The third kappa shape index (κ3) is 1.76. The quantitative estimate of drug-likeness (QED) is 0.790. The summed E-state index contributed by atoms with van der Waals surface area (Å²) in [5, 5.41) is 3.12. The molecule has 0 aliphatic rings. The second-order valence-electron chi connectivity index (χ2n) is 3.88. The molecule has 0 bridgehead atoms. The van der Waals surface area contributed by atoms with Crippen LogP contribution in [0.15, 0.2) is 47.5 Å². The van der Waals surface area contributed by atoms with Gasteiger partial charge < -0.3 is 5.32 Å². The fraction of sp³-hybridized carbons (Fsp3) is 0.0769. The smallest absolute Gasteiger partial charge is 0.146 e. The first kappa shape index (κ1) is 11.2. The molecular weight excluding hydrogens is 292 g/mol. The zero-order chi connectivity index (χ0) is 12.5. The maximum absolute atomic E-state index is 4.56. The minimum Gasteiger partial charge on any atom is -0.388 e. The number of aromatic nitrogens is 3. The number of nitrogens with zero attached hydrogens (tertiary/aromatic N) is 3. The second kappa shape index (κ2) is 4.42. The lowest BCUT2D eigenvalue weighted by Crippen LogP contribution is -1.92. The number of pyridine rings is 2. The van der Waals surface area contributed by atoms with Gasteiger partial charge in [-0.15, -0.1) is 0 Å². The molecule has 0 unspecified atom stereocenters. The van der Waals surface area contributed by atoms with E-state index >= 15 is 0 Å². The Morgan fingerprint density at radius 2 is 2.00 bits per heavy atom. The van der Waals surface area contributed by atoms with Crippen LogP contribution in [-0.4, -0.2) is 21.4 Å². The molecule has 3 aromatic heterocycles. The normalized spacial score (nSPS) is 10.8. The third-order valence-corrected chi connectivity index (χ3v) is 3.41. The van der Waals surface area contributed by atoms with Gasteiger partial charge in [-0.05, 0) is 40.2 Å². The van der Waals surface area contributed by atoms with Crippen LogP contribution in [0.25, 0.3) is 16.9 Å². The highest BCUT2D eigenvalue weighted by molar-refractivity contribution is 9.10. The molecule has 3 aromatic rings. The molecule has 5 heteroatoms. The summed E-state index contributed by atoms with van der Waals surface area (Å²) in [6, 6.07) is 7.98. The van der Waals surface area contributed by atoms with Crippen molar-refractivity contribution >= 4 is 27.1 Å². The molecule has 3 heterocycles. The van der Waals surface area contributed by atoms with E-state index in [2.05, 4.69) is 41.7 Å². The van der Waals surface area contributed by atoms with Crippen LogP contribution in [0, 0.1) is 0 Å². The number of halogens is 1. The molecule has 3 rings (SSSR count). The number of hydrogen-bond acceptors (Lipinski definition) is 3. The molecule has 0 atom stereocenters. The average molecular weight is 303 g/mol. The predicted molar refractivity (Wildman–Crippen MR) is 75.7 cm³/mol. The van der Waals surface area contributed by atoms with Gasteiger partial charge in [0.05, 0.1) is 5.52 Å². The summed E-state index contributed by atoms with van der Waals surface area (Å²) in [5.41, 5.74) is 3.14. The molecule has 0 fully saturated rings. The average Bonchev–Trinajstić information content (AvgIpc) is 2.77. The summed E-state index contributed by atoms with van der Waals surface area (Å²) in [6.07, 6.45) is 5.55. The number of anilines is 1. The van der Waals surface area contributed by atoms with Crippen molar-refractivity contribution < 1.29 is 0 Å². The van der Waals surface area contributed by atoms with Crippen molar-refractivity contribution in [1.82, 2.24) is 14.4 Å². The van der Waals surface area contributed by atoms with Crippen LogP contribution in [0.5, 0.6) is 0 Å². The number of fused-ring (bicyclic) bond motifs is 1. The predicted octanol–water partition coefficient (Wildman–Crippen LogP) is 3.20. The summed E-state index contributed by atoms with van der Waals surface area (Å²) in [6.45, 7) is 0. The fourth-order valence-electron chi connectivity index (χ4n) is 1.91. The van der Waals surface area contributed by atoms with E-state index in [-0.39, 0.29) is 0 Å². The van der Waals surface area contributed by atoms with E-state index in [1.165, 1.54) is 0 Å². The fourth-order valence-corrected chi connectivity index (χ4v) is 2.38. The van der Waals surface area contributed by atoms with E-state index in [9.17, 15) is 0 Å². The summed E-state index contributed by atoms with van der Waals surface area (Å²) in [4.78, 5) is 8.59. The van der Waals surface area contributed by atoms with Crippen molar-refractivity contribution in [3.8, 4) is 11.4 Å². The van der Waals surface area contributed by atoms with Crippen LogP contribution in [0.3, 0.4) is 0 Å². The molecule has 18 heavy (non-hydrogen) atoms. The van der Waals surface area contributed by atoms with Gasteiger partial charge >= 0.3 is 0 Å². The van der Waals surface area contributed by atoms with Gasteiger partial charge in [0.1, 0.15) is 10.4 Å². The molecule has 0 saturated heterocycles. The Bertz CT molecular complexity index is 691. The maximum Gasteiger partial charge on any atom is 0.146 e. The first-order valence-corrected chi connectivity index (χ1v) is 6.34. The third-order valence-electron chi connectivity index (χ3n) is 2.83. The van der Waals surface area contributed by atoms with Gasteiger partial charge in [-0.1, -0.05) is 0 Å². The first-order valence-electron chi connectivity index (χ1n) is 5.55. The minimum atomic E-state index is 0.839.